The Balaban J connectivity index is 1.94. The Morgan fingerprint density at radius 2 is 1.27 bits per heavy atom. The summed E-state index contributed by atoms with van der Waals surface area (Å²) in [5.41, 5.74) is 0.580. The lowest BCUT2D eigenvalue weighted by atomic mass is 9.75. The summed E-state index contributed by atoms with van der Waals surface area (Å²) in [5.74, 6) is 1.24. The van der Waals surface area contributed by atoms with Crippen LogP contribution in [0.1, 0.15) is 91.5 Å². The Labute approximate surface area is 209 Å². The number of benzene rings is 1. The van der Waals surface area contributed by atoms with E-state index in [9.17, 15) is 9.67 Å². The second-order valence-corrected chi connectivity index (χ2v) is 14.3. The lowest BCUT2D eigenvalue weighted by Crippen LogP contribution is -2.37. The number of hydrogen-bond donors (Lipinski definition) is 1. The van der Waals surface area contributed by atoms with Gasteiger partial charge in [-0.05, 0) is 78.9 Å². The fourth-order valence-corrected chi connectivity index (χ4v) is 8.13. The van der Waals surface area contributed by atoms with Gasteiger partial charge in [0.25, 0.3) is 0 Å². The molecule has 0 aliphatic heterocycles. The average molecular weight is 544 g/mol. The first-order valence-electron chi connectivity index (χ1n) is 12.9. The van der Waals surface area contributed by atoms with E-state index in [0.717, 1.165) is 30.2 Å². The molecule has 188 valence electrons. The second kappa shape index (κ2) is 11.7. The molecule has 0 amide bonds. The van der Waals surface area contributed by atoms with Crippen molar-refractivity contribution in [2.45, 2.75) is 98.1 Å². The highest BCUT2D eigenvalue weighted by Crippen LogP contribution is 2.64. The van der Waals surface area contributed by atoms with Crippen molar-refractivity contribution in [3.05, 3.63) is 34.3 Å². The molecule has 2 aliphatic carbocycles. The van der Waals surface area contributed by atoms with Crippen LogP contribution in [0.25, 0.3) is 0 Å². The molecule has 1 N–H and O–H groups in total. The highest BCUT2D eigenvalue weighted by atomic mass is 79.9. The third-order valence-corrected chi connectivity index (χ3v) is 10.5. The fraction of sp³-hybridized carbons (Fsp3) is 0.778. The summed E-state index contributed by atoms with van der Waals surface area (Å²) in [5, 5.41) is 11.4. The maximum atomic E-state index is 14.6. The molecule has 0 heterocycles. The van der Waals surface area contributed by atoms with E-state index < -0.39 is 13.4 Å². The average Bonchev–Trinajstić information content (AvgIpc) is 2.73. The molecule has 0 aromatic heterocycles. The van der Waals surface area contributed by atoms with Gasteiger partial charge in [0.05, 0.1) is 12.2 Å². The molecule has 1 aromatic rings. The van der Waals surface area contributed by atoms with E-state index in [0.29, 0.717) is 41.1 Å². The minimum absolute atomic E-state index is 0.164. The summed E-state index contributed by atoms with van der Waals surface area (Å²) in [6, 6.07) is 7.34. The van der Waals surface area contributed by atoms with Crippen LogP contribution in [0.3, 0.4) is 0 Å². The maximum Gasteiger partial charge on any atom is 0.363 e. The van der Waals surface area contributed by atoms with Crippen molar-refractivity contribution in [1.29, 1.82) is 0 Å². The van der Waals surface area contributed by atoms with Crippen LogP contribution in [-0.4, -0.2) is 17.3 Å². The zero-order valence-corrected chi connectivity index (χ0v) is 23.7. The highest BCUT2D eigenvalue weighted by Gasteiger charge is 2.46. The van der Waals surface area contributed by atoms with Crippen molar-refractivity contribution in [2.24, 2.45) is 35.5 Å². The number of halogens is 1. The van der Waals surface area contributed by atoms with Gasteiger partial charge in [0.15, 0.2) is 5.85 Å². The smallest absolute Gasteiger partial charge is 0.363 e. The van der Waals surface area contributed by atoms with Crippen LogP contribution in [0.4, 0.5) is 0 Å². The number of aliphatic hydroxyl groups excluding tert-OH is 1. The first-order valence-corrected chi connectivity index (χ1v) is 15.3. The van der Waals surface area contributed by atoms with E-state index >= 15 is 0 Å². The Hall–Kier alpha value is -0.190. The lowest BCUT2D eigenvalue weighted by molar-refractivity contribution is -0.0153. The SMILES string of the molecule is CC(C)[C@H]1CC[C@@H](C)C[C@H]1OP(=O)(O[C@@H]1C[C@H](C)CC[C@H]1C(C)C)[C@@H](O)c1ccc(Br)cc1. The summed E-state index contributed by atoms with van der Waals surface area (Å²) in [4.78, 5) is 0. The molecule has 8 atom stereocenters. The van der Waals surface area contributed by atoms with Gasteiger partial charge < -0.3 is 14.2 Å². The van der Waals surface area contributed by atoms with Gasteiger partial charge in [-0.2, -0.15) is 0 Å². The largest absolute Gasteiger partial charge is 0.376 e. The summed E-state index contributed by atoms with van der Waals surface area (Å²) in [7, 11) is -3.85. The molecule has 0 saturated heterocycles. The number of aliphatic hydroxyl groups is 1. The van der Waals surface area contributed by atoms with Gasteiger partial charge in [-0.1, -0.05) is 82.4 Å². The second-order valence-electron chi connectivity index (χ2n) is 11.4. The number of rotatable bonds is 8. The topological polar surface area (TPSA) is 55.8 Å². The van der Waals surface area contributed by atoms with Gasteiger partial charge in [0.2, 0.25) is 0 Å². The molecule has 0 spiro atoms. The van der Waals surface area contributed by atoms with Crippen molar-refractivity contribution in [3.8, 4) is 0 Å². The van der Waals surface area contributed by atoms with E-state index in [1.54, 1.807) is 12.1 Å². The number of hydrogen-bond acceptors (Lipinski definition) is 4. The van der Waals surface area contributed by atoms with Crippen LogP contribution in [0, 0.1) is 35.5 Å². The first kappa shape index (κ1) is 27.4. The highest BCUT2D eigenvalue weighted by molar-refractivity contribution is 9.10. The van der Waals surface area contributed by atoms with Crippen molar-refractivity contribution >= 4 is 23.5 Å². The molecule has 6 heteroatoms. The lowest BCUT2D eigenvalue weighted by Gasteiger charge is -2.42. The Kier molecular flexibility index (Phi) is 9.71. The van der Waals surface area contributed by atoms with Crippen molar-refractivity contribution in [3.63, 3.8) is 0 Å². The molecule has 3 rings (SSSR count). The molecule has 4 nitrogen and oxygen atoms in total. The fourth-order valence-electron chi connectivity index (χ4n) is 5.81. The van der Waals surface area contributed by atoms with Gasteiger partial charge in [0, 0.05) is 4.47 Å². The summed E-state index contributed by atoms with van der Waals surface area (Å²) in [6.45, 7) is 13.3. The van der Waals surface area contributed by atoms with E-state index in [-0.39, 0.29) is 12.2 Å². The van der Waals surface area contributed by atoms with Gasteiger partial charge in [0.1, 0.15) is 0 Å². The van der Waals surface area contributed by atoms with E-state index in [2.05, 4.69) is 57.5 Å². The van der Waals surface area contributed by atoms with Gasteiger partial charge in [-0.15, -0.1) is 0 Å². The molecule has 33 heavy (non-hydrogen) atoms. The predicted molar refractivity (Wildman–Crippen MR) is 139 cm³/mol. The molecule has 1 unspecified atom stereocenters. The van der Waals surface area contributed by atoms with Crippen LogP contribution in [0.15, 0.2) is 28.7 Å². The van der Waals surface area contributed by atoms with Crippen LogP contribution < -0.4 is 0 Å². The molecule has 0 bridgehead atoms. The van der Waals surface area contributed by atoms with Crippen molar-refractivity contribution < 1.29 is 18.7 Å². The van der Waals surface area contributed by atoms with Crippen molar-refractivity contribution in [2.75, 3.05) is 0 Å². The maximum absolute atomic E-state index is 14.6. The normalized spacial score (nSPS) is 33.8. The van der Waals surface area contributed by atoms with E-state index in [1.807, 2.05) is 12.1 Å². The van der Waals surface area contributed by atoms with Gasteiger partial charge in [-0.3, -0.25) is 4.57 Å². The Morgan fingerprint density at radius 1 is 0.848 bits per heavy atom. The Bertz CT molecular complexity index is 758. The minimum atomic E-state index is -3.85. The van der Waals surface area contributed by atoms with E-state index in [4.69, 9.17) is 9.05 Å². The first-order chi connectivity index (χ1) is 15.5. The summed E-state index contributed by atoms with van der Waals surface area (Å²) >= 11 is 3.45. The van der Waals surface area contributed by atoms with Crippen LogP contribution >= 0.6 is 23.5 Å². The van der Waals surface area contributed by atoms with Crippen LogP contribution in [0.2, 0.25) is 0 Å². The molecule has 1 aromatic carbocycles. The standard InChI is InChI=1S/C27H44BrO4P/c1-17(2)23-13-7-19(5)15-25(23)31-33(30,27(29)21-9-11-22(28)12-10-21)32-26-16-20(6)8-14-24(26)18(3)4/h9-12,17-20,23-27,29H,7-8,13-16H2,1-6H3/t19-,20-,23-,24+,25-,26-,27-,33?/m1/s1. The third kappa shape index (κ3) is 6.94. The molecule has 2 saturated carbocycles. The predicted octanol–water partition coefficient (Wildman–Crippen LogP) is 8.59. The third-order valence-electron chi connectivity index (χ3n) is 7.95. The zero-order valence-electron chi connectivity index (χ0n) is 21.2. The summed E-state index contributed by atoms with van der Waals surface area (Å²) < 4.78 is 28.5. The van der Waals surface area contributed by atoms with Crippen LogP contribution in [-0.2, 0) is 13.6 Å². The minimum Gasteiger partial charge on any atom is -0.376 e. The van der Waals surface area contributed by atoms with Gasteiger partial charge in [-0.25, -0.2) is 0 Å². The Morgan fingerprint density at radius 3 is 1.67 bits per heavy atom. The summed E-state index contributed by atoms with van der Waals surface area (Å²) in [6.07, 6.45) is 5.85. The molecular weight excluding hydrogens is 499 g/mol. The molecule has 2 aliphatic rings. The quantitative estimate of drug-likeness (QED) is 0.334. The monoisotopic (exact) mass is 542 g/mol. The molecular formula is C27H44BrO4P. The molecule has 2 fully saturated rings. The zero-order chi connectivity index (χ0) is 24.3. The van der Waals surface area contributed by atoms with Gasteiger partial charge >= 0.3 is 7.60 Å². The molecule has 0 radical (unpaired) electrons. The van der Waals surface area contributed by atoms with Crippen LogP contribution in [0.5, 0.6) is 0 Å². The van der Waals surface area contributed by atoms with E-state index in [1.165, 1.54) is 12.8 Å². The van der Waals surface area contributed by atoms with Crippen molar-refractivity contribution in [1.82, 2.24) is 0 Å².